The Morgan fingerprint density at radius 3 is 1.81 bits per heavy atom. The molecule has 70 heavy (non-hydrogen) atoms. The van der Waals surface area contributed by atoms with E-state index in [-0.39, 0.29) is 17.3 Å². The number of imidazole rings is 2. The van der Waals surface area contributed by atoms with Crippen LogP contribution in [0.5, 0.6) is 23.0 Å². The third kappa shape index (κ3) is 11.3. The third-order valence-electron chi connectivity index (χ3n) is 12.7. The number of hydrogen-bond acceptors (Lipinski definition) is 17. The van der Waals surface area contributed by atoms with Crippen LogP contribution < -0.4 is 30.2 Å². The number of fused-ring (bicyclic) bond motifs is 4. The van der Waals surface area contributed by atoms with Gasteiger partial charge in [-0.1, -0.05) is 23.5 Å². The summed E-state index contributed by atoms with van der Waals surface area (Å²) in [5.41, 5.74) is 8.86. The number of rotatable bonds is 12. The smallest absolute Gasteiger partial charge is 0.251 e. The summed E-state index contributed by atoms with van der Waals surface area (Å²) in [6.45, 7) is 9.26. The number of H-pyrrole nitrogens is 1. The van der Waals surface area contributed by atoms with E-state index in [0.717, 1.165) is 74.7 Å². The molecule has 24 heteroatoms. The number of halogens is 2. The number of nitrogen functional groups attached to an aromatic ring is 1. The van der Waals surface area contributed by atoms with Crippen molar-refractivity contribution in [2.24, 2.45) is 11.8 Å². The van der Waals surface area contributed by atoms with Crippen molar-refractivity contribution in [2.75, 3.05) is 58.3 Å². The second kappa shape index (κ2) is 22.1. The van der Waals surface area contributed by atoms with Gasteiger partial charge in [0.15, 0.2) is 61.4 Å². The summed E-state index contributed by atoms with van der Waals surface area (Å²) in [5.74, 6) is 3.75. The highest BCUT2D eigenvalue weighted by Gasteiger charge is 2.28. The molecule has 6 aromatic rings. The van der Waals surface area contributed by atoms with E-state index in [0.29, 0.717) is 122 Å². The lowest BCUT2D eigenvalue weighted by Gasteiger charge is -2.32. The Morgan fingerprint density at radius 1 is 0.757 bits per heavy atom. The van der Waals surface area contributed by atoms with Gasteiger partial charge >= 0.3 is 0 Å². The second-order valence-electron chi connectivity index (χ2n) is 17.5. The maximum Gasteiger partial charge on any atom is 0.251 e. The number of aliphatic hydroxyl groups excluding tert-OH is 2. The molecule has 2 atom stereocenters. The number of ether oxygens (including phenoxy) is 4. The van der Waals surface area contributed by atoms with Gasteiger partial charge in [-0.2, -0.15) is 0 Å². The van der Waals surface area contributed by atoms with Crippen molar-refractivity contribution in [3.63, 3.8) is 0 Å². The highest BCUT2D eigenvalue weighted by atomic mass is 79.9. The molecule has 2 aromatic carbocycles. The first-order valence-corrected chi connectivity index (χ1v) is 26.5. The molecule has 0 aliphatic carbocycles. The quantitative estimate of drug-likeness (QED) is 0.0937. The number of carbonyl (C=O) groups is 2. The Hall–Kier alpha value is -5.14. The predicted molar refractivity (Wildman–Crippen MR) is 267 cm³/mol. The van der Waals surface area contributed by atoms with Gasteiger partial charge in [0.2, 0.25) is 0 Å². The molecule has 6 N–H and O–H groups in total. The molecule has 2 fully saturated rings. The summed E-state index contributed by atoms with van der Waals surface area (Å²) in [6.07, 6.45) is 6.71. The number of nitrogens with one attached hydrogen (secondary N) is 2. The number of piperidine rings is 2. The predicted octanol–water partition coefficient (Wildman–Crippen LogP) is 6.04. The van der Waals surface area contributed by atoms with Crippen LogP contribution in [0.1, 0.15) is 52.4 Å². The van der Waals surface area contributed by atoms with Gasteiger partial charge < -0.3 is 58.8 Å². The molecule has 10 rings (SSSR count). The molecule has 0 spiro atoms. The molecule has 4 aliphatic heterocycles. The van der Waals surface area contributed by atoms with E-state index in [2.05, 4.69) is 56.4 Å². The minimum Gasteiger partial charge on any atom is -0.486 e. The van der Waals surface area contributed by atoms with E-state index < -0.39 is 12.2 Å². The maximum atomic E-state index is 12.1. The zero-order valence-corrected chi connectivity index (χ0v) is 43.4. The average molecular weight is 1130 g/mol. The van der Waals surface area contributed by atoms with Crippen LogP contribution in [0, 0.1) is 17.2 Å². The minimum absolute atomic E-state index is 0.154. The number of amides is 2. The van der Waals surface area contributed by atoms with Crippen molar-refractivity contribution in [1.82, 2.24) is 48.8 Å². The number of anilines is 1. The second-order valence-corrected chi connectivity index (χ2v) is 21.3. The molecule has 20 nitrogen and oxygen atoms in total. The maximum absolute atomic E-state index is 12.1. The van der Waals surface area contributed by atoms with Gasteiger partial charge in [-0.25, -0.2) is 24.9 Å². The van der Waals surface area contributed by atoms with Crippen LogP contribution in [0.25, 0.3) is 22.3 Å². The first-order valence-electron chi connectivity index (χ1n) is 23.2. The van der Waals surface area contributed by atoms with Crippen molar-refractivity contribution in [3.05, 3.63) is 51.4 Å². The van der Waals surface area contributed by atoms with Crippen LogP contribution >= 0.6 is 55.4 Å². The van der Waals surface area contributed by atoms with Crippen LogP contribution in [-0.4, -0.2) is 136 Å². The molecule has 4 aliphatic rings. The Labute approximate surface area is 428 Å². The first kappa shape index (κ1) is 49.8. The molecule has 0 saturated carbocycles. The van der Waals surface area contributed by atoms with E-state index in [1.165, 1.54) is 43.7 Å². The third-order valence-corrected chi connectivity index (χ3v) is 16.6. The molecule has 372 valence electrons. The molecule has 0 unspecified atom stereocenters. The topological polar surface area (TPSA) is 258 Å². The van der Waals surface area contributed by atoms with Crippen molar-refractivity contribution >= 4 is 95.3 Å². The number of aromatic nitrogens is 8. The van der Waals surface area contributed by atoms with Gasteiger partial charge in [0.05, 0.1) is 6.33 Å². The Bertz CT molecular complexity index is 2940. The number of aromatic amines is 1. The van der Waals surface area contributed by atoms with Crippen LogP contribution in [0.15, 0.2) is 66.0 Å². The largest absolute Gasteiger partial charge is 0.486 e. The van der Waals surface area contributed by atoms with Gasteiger partial charge in [-0.3, -0.25) is 15.0 Å². The van der Waals surface area contributed by atoms with Gasteiger partial charge in [-0.05, 0) is 120 Å². The van der Waals surface area contributed by atoms with E-state index in [1.54, 1.807) is 16.1 Å². The highest BCUT2D eigenvalue weighted by Crippen LogP contribution is 2.44. The van der Waals surface area contributed by atoms with Crippen molar-refractivity contribution in [1.29, 1.82) is 5.41 Å². The van der Waals surface area contributed by atoms with Crippen LogP contribution in [-0.2, 0) is 22.7 Å². The number of hydrogen-bond donors (Lipinski definition) is 5. The highest BCUT2D eigenvalue weighted by molar-refractivity contribution is 9.10. The zero-order chi connectivity index (χ0) is 49.1. The molecule has 4 aromatic heterocycles. The molecular formula is C46H54Br2N12O8S2. The van der Waals surface area contributed by atoms with Crippen LogP contribution in [0.4, 0.5) is 5.82 Å². The number of likely N-dealkylation sites (tertiary alicyclic amines) is 2. The monoisotopic (exact) mass is 1120 g/mol. The summed E-state index contributed by atoms with van der Waals surface area (Å²) in [4.78, 5) is 55.1. The summed E-state index contributed by atoms with van der Waals surface area (Å²) in [5, 5.41) is 28.8. The van der Waals surface area contributed by atoms with Crippen LogP contribution in [0.2, 0.25) is 0 Å². The number of nitrogens with zero attached hydrogens (tertiary/aromatic N) is 9. The van der Waals surface area contributed by atoms with Gasteiger partial charge in [-0.15, -0.1) is 0 Å². The fourth-order valence-corrected chi connectivity index (χ4v) is 11.8. The van der Waals surface area contributed by atoms with E-state index in [4.69, 9.17) is 40.1 Å². The first-order chi connectivity index (χ1) is 33.8. The Balaban J connectivity index is 0.000000174. The number of aliphatic hydroxyl groups is 2. The minimum atomic E-state index is -0.950. The van der Waals surface area contributed by atoms with Gasteiger partial charge in [0.1, 0.15) is 50.5 Å². The fourth-order valence-electron chi connectivity index (χ4n) is 8.88. The normalized spacial score (nSPS) is 17.1. The van der Waals surface area contributed by atoms with Crippen LogP contribution in [0.3, 0.4) is 0 Å². The lowest BCUT2D eigenvalue weighted by molar-refractivity contribution is -0.141. The van der Waals surface area contributed by atoms with E-state index in [9.17, 15) is 19.8 Å². The Morgan fingerprint density at radius 2 is 1.27 bits per heavy atom. The van der Waals surface area contributed by atoms with Crippen molar-refractivity contribution in [3.8, 4) is 23.0 Å². The summed E-state index contributed by atoms with van der Waals surface area (Å²) in [6, 6.07) is 7.70. The van der Waals surface area contributed by atoms with E-state index >= 15 is 0 Å². The molecule has 0 bridgehead atoms. The summed E-state index contributed by atoms with van der Waals surface area (Å²) < 4.78 is 28.6. The number of benzene rings is 2. The number of nitrogens with two attached hydrogens (primary N) is 1. The fraction of sp³-hybridized carbons (Fsp3) is 0.478. The summed E-state index contributed by atoms with van der Waals surface area (Å²) in [7, 11) is 0. The summed E-state index contributed by atoms with van der Waals surface area (Å²) >= 11 is 10.2. The lowest BCUT2D eigenvalue weighted by Crippen LogP contribution is -2.43. The number of aryl methyl sites for hydroxylation is 2. The zero-order valence-electron chi connectivity index (χ0n) is 38.6. The SMILES string of the molecule is C[C@H](O)C(=O)N1CCC(CCn2c(Sc3cc4c(cc3Br)OCCO4)nc3c(N)ncnc32)CC1.C[C@H](O)C(=O)N1CCC(CCn2cnc(=N)c3[nH]c(Sc4cc5c(cc4Br)OCCO5)nc32)CC1. The molecule has 2 saturated heterocycles. The van der Waals surface area contributed by atoms with E-state index in [1.807, 2.05) is 28.8 Å². The van der Waals surface area contributed by atoms with Crippen molar-refractivity contribution in [2.45, 2.75) is 97.8 Å². The number of carbonyl (C=O) groups excluding carboxylic acids is 2. The standard InChI is InChI=1S/2C23H27BrN6O4S/c1-13(31)22(32)29-5-2-14(3-6-29)4-7-30-12-26-20(25)19-21(30)28-23(27-19)35-18-11-17-16(10-15(18)24)33-8-9-34-17;1-13(31)22(32)29-5-2-14(3-6-29)4-7-30-21-19(20(25)26-12-27-21)28-23(30)35-18-11-17-16(10-15(18)24)33-8-9-34-17/h10-14,25,31H,2-9H2,1H3,(H,27,28);10-14,31H,2-9H2,1H3,(H2,25,26,27)/t2*13-/m00/s1. The molecule has 2 amide bonds. The lowest BCUT2D eigenvalue weighted by atomic mass is 9.93. The molecule has 0 radical (unpaired) electrons. The molecular weight excluding hydrogens is 1070 g/mol. The van der Waals surface area contributed by atoms with Crippen molar-refractivity contribution < 1.29 is 38.7 Å². The molecule has 8 heterocycles. The van der Waals surface area contributed by atoms with Gasteiger partial charge in [0.25, 0.3) is 11.8 Å². The Kier molecular flexibility index (Phi) is 15.7. The van der Waals surface area contributed by atoms with Gasteiger partial charge in [0, 0.05) is 58.0 Å². The average Bonchev–Trinajstić information content (AvgIpc) is 3.96.